The van der Waals surface area contributed by atoms with Crippen molar-refractivity contribution in [2.24, 2.45) is 0 Å². The Kier molecular flexibility index (Phi) is 3.13. The Labute approximate surface area is 116 Å². The molecule has 0 aliphatic rings. The standard InChI is InChI=1S/C15H14ClN3/c1-10-6-13(9-19-15(10)16)18-8-11-2-3-12-4-5-17-14(12)7-11/h2-7,9,17-18H,8H2,1H3. The lowest BCUT2D eigenvalue weighted by molar-refractivity contribution is 1.13. The van der Waals surface area contributed by atoms with Crippen LogP contribution in [0.3, 0.4) is 0 Å². The minimum Gasteiger partial charge on any atom is -0.380 e. The Hall–Kier alpha value is -2.00. The minimum absolute atomic E-state index is 0.554. The number of aromatic nitrogens is 2. The van der Waals surface area contributed by atoms with Crippen LogP contribution in [0, 0.1) is 6.92 Å². The zero-order chi connectivity index (χ0) is 13.2. The van der Waals surface area contributed by atoms with Crippen molar-refractivity contribution in [3.8, 4) is 0 Å². The van der Waals surface area contributed by atoms with Crippen LogP contribution >= 0.6 is 11.6 Å². The zero-order valence-electron chi connectivity index (χ0n) is 10.6. The van der Waals surface area contributed by atoms with Crippen LogP contribution in [-0.4, -0.2) is 9.97 Å². The second-order valence-electron chi connectivity index (χ2n) is 4.58. The first-order chi connectivity index (χ1) is 9.22. The van der Waals surface area contributed by atoms with E-state index in [2.05, 4.69) is 39.6 Å². The van der Waals surface area contributed by atoms with Crippen LogP contribution in [-0.2, 0) is 6.54 Å². The zero-order valence-corrected chi connectivity index (χ0v) is 11.3. The van der Waals surface area contributed by atoms with E-state index in [9.17, 15) is 0 Å². The van der Waals surface area contributed by atoms with Crippen molar-refractivity contribution in [3.63, 3.8) is 0 Å². The molecule has 0 spiro atoms. The maximum absolute atomic E-state index is 5.91. The second kappa shape index (κ2) is 4.94. The SMILES string of the molecule is Cc1cc(NCc2ccc3cc[nH]c3c2)cnc1Cl. The van der Waals surface area contributed by atoms with E-state index in [-0.39, 0.29) is 0 Å². The van der Waals surface area contributed by atoms with Crippen molar-refractivity contribution in [2.75, 3.05) is 5.32 Å². The predicted molar refractivity (Wildman–Crippen MR) is 79.6 cm³/mol. The fourth-order valence-electron chi connectivity index (χ4n) is 2.06. The molecule has 0 aliphatic heterocycles. The summed E-state index contributed by atoms with van der Waals surface area (Å²) in [6.07, 6.45) is 3.71. The number of aromatic amines is 1. The van der Waals surface area contributed by atoms with E-state index in [1.165, 1.54) is 10.9 Å². The lowest BCUT2D eigenvalue weighted by atomic mass is 10.1. The van der Waals surface area contributed by atoms with Gasteiger partial charge in [0.15, 0.2) is 0 Å². The average Bonchev–Trinajstić information content (AvgIpc) is 2.87. The van der Waals surface area contributed by atoms with Gasteiger partial charge in [0.05, 0.1) is 11.9 Å². The molecular weight excluding hydrogens is 258 g/mol. The van der Waals surface area contributed by atoms with Crippen molar-refractivity contribution >= 4 is 28.2 Å². The molecule has 0 fully saturated rings. The molecule has 0 amide bonds. The lowest BCUT2D eigenvalue weighted by Gasteiger charge is -2.07. The van der Waals surface area contributed by atoms with Crippen molar-refractivity contribution in [2.45, 2.75) is 13.5 Å². The summed E-state index contributed by atoms with van der Waals surface area (Å²) in [6.45, 7) is 2.71. The van der Waals surface area contributed by atoms with Gasteiger partial charge >= 0.3 is 0 Å². The molecule has 0 atom stereocenters. The summed E-state index contributed by atoms with van der Waals surface area (Å²) in [7, 11) is 0. The first-order valence-corrected chi connectivity index (χ1v) is 6.52. The molecule has 96 valence electrons. The molecule has 4 heteroatoms. The largest absolute Gasteiger partial charge is 0.380 e. The summed E-state index contributed by atoms with van der Waals surface area (Å²) in [4.78, 5) is 7.35. The first-order valence-electron chi connectivity index (χ1n) is 6.14. The Balaban J connectivity index is 1.75. The molecule has 19 heavy (non-hydrogen) atoms. The second-order valence-corrected chi connectivity index (χ2v) is 4.94. The van der Waals surface area contributed by atoms with Crippen LogP contribution in [0.5, 0.6) is 0 Å². The van der Waals surface area contributed by atoms with Gasteiger partial charge in [0.1, 0.15) is 5.15 Å². The molecule has 0 unspecified atom stereocenters. The molecule has 2 N–H and O–H groups in total. The van der Waals surface area contributed by atoms with Gasteiger partial charge in [-0.1, -0.05) is 23.7 Å². The molecule has 2 aromatic heterocycles. The molecule has 2 heterocycles. The van der Waals surface area contributed by atoms with Crippen LogP contribution < -0.4 is 5.32 Å². The van der Waals surface area contributed by atoms with Gasteiger partial charge in [-0.15, -0.1) is 0 Å². The molecule has 0 aliphatic carbocycles. The number of anilines is 1. The number of rotatable bonds is 3. The van der Waals surface area contributed by atoms with Gasteiger partial charge in [-0.3, -0.25) is 0 Å². The van der Waals surface area contributed by atoms with Crippen LogP contribution in [0.15, 0.2) is 42.7 Å². The summed E-state index contributed by atoms with van der Waals surface area (Å²) in [5, 5.41) is 5.13. The maximum atomic E-state index is 5.91. The maximum Gasteiger partial charge on any atom is 0.132 e. The van der Waals surface area contributed by atoms with Gasteiger partial charge in [0.2, 0.25) is 0 Å². The Morgan fingerprint density at radius 1 is 1.26 bits per heavy atom. The summed E-state index contributed by atoms with van der Waals surface area (Å²) < 4.78 is 0. The third-order valence-electron chi connectivity index (χ3n) is 3.13. The molecule has 0 radical (unpaired) electrons. The fourth-order valence-corrected chi connectivity index (χ4v) is 2.17. The fraction of sp³-hybridized carbons (Fsp3) is 0.133. The number of pyridine rings is 1. The number of aryl methyl sites for hydroxylation is 1. The van der Waals surface area contributed by atoms with Gasteiger partial charge in [-0.2, -0.15) is 0 Å². The van der Waals surface area contributed by atoms with E-state index in [0.29, 0.717) is 5.15 Å². The van der Waals surface area contributed by atoms with Crippen LogP contribution in [0.1, 0.15) is 11.1 Å². The van der Waals surface area contributed by atoms with E-state index in [4.69, 9.17) is 11.6 Å². The number of hydrogen-bond acceptors (Lipinski definition) is 2. The number of fused-ring (bicyclic) bond motifs is 1. The van der Waals surface area contributed by atoms with Gasteiger partial charge in [-0.05, 0) is 41.6 Å². The van der Waals surface area contributed by atoms with Crippen molar-refractivity contribution in [1.82, 2.24) is 9.97 Å². The topological polar surface area (TPSA) is 40.7 Å². The highest BCUT2D eigenvalue weighted by atomic mass is 35.5. The third-order valence-corrected chi connectivity index (χ3v) is 3.53. The summed E-state index contributed by atoms with van der Waals surface area (Å²) in [5.74, 6) is 0. The van der Waals surface area contributed by atoms with E-state index >= 15 is 0 Å². The summed E-state index contributed by atoms with van der Waals surface area (Å²) in [5.41, 5.74) is 4.34. The summed E-state index contributed by atoms with van der Waals surface area (Å²) in [6, 6.07) is 10.5. The van der Waals surface area contributed by atoms with E-state index in [1.54, 1.807) is 6.20 Å². The predicted octanol–water partition coefficient (Wildman–Crippen LogP) is 4.14. The van der Waals surface area contributed by atoms with E-state index in [0.717, 1.165) is 23.3 Å². The Morgan fingerprint density at radius 2 is 2.16 bits per heavy atom. The smallest absolute Gasteiger partial charge is 0.132 e. The van der Waals surface area contributed by atoms with Crippen LogP contribution in [0.2, 0.25) is 5.15 Å². The van der Waals surface area contributed by atoms with E-state index in [1.807, 2.05) is 19.2 Å². The van der Waals surface area contributed by atoms with Gasteiger partial charge in [-0.25, -0.2) is 4.98 Å². The Morgan fingerprint density at radius 3 is 3.00 bits per heavy atom. The van der Waals surface area contributed by atoms with Crippen LogP contribution in [0.25, 0.3) is 10.9 Å². The minimum atomic E-state index is 0.554. The van der Waals surface area contributed by atoms with Crippen molar-refractivity contribution < 1.29 is 0 Å². The summed E-state index contributed by atoms with van der Waals surface area (Å²) >= 11 is 5.91. The molecule has 3 nitrogen and oxygen atoms in total. The highest BCUT2D eigenvalue weighted by molar-refractivity contribution is 6.30. The number of nitrogens with one attached hydrogen (secondary N) is 2. The molecule has 0 saturated heterocycles. The number of H-pyrrole nitrogens is 1. The average molecular weight is 272 g/mol. The van der Waals surface area contributed by atoms with Crippen molar-refractivity contribution in [1.29, 1.82) is 0 Å². The number of benzene rings is 1. The highest BCUT2D eigenvalue weighted by Gasteiger charge is 2.00. The first kappa shape index (κ1) is 12.1. The molecular formula is C15H14ClN3. The molecule has 3 aromatic rings. The third kappa shape index (κ3) is 2.56. The number of halogens is 1. The lowest BCUT2D eigenvalue weighted by Crippen LogP contribution is -2.00. The van der Waals surface area contributed by atoms with Crippen molar-refractivity contribution in [3.05, 3.63) is 59.0 Å². The molecule has 0 saturated carbocycles. The van der Waals surface area contributed by atoms with Gasteiger partial charge in [0, 0.05) is 18.3 Å². The quantitative estimate of drug-likeness (QED) is 0.703. The highest BCUT2D eigenvalue weighted by Crippen LogP contribution is 2.18. The van der Waals surface area contributed by atoms with Gasteiger partial charge < -0.3 is 10.3 Å². The normalized spacial score (nSPS) is 10.8. The Bertz CT molecular complexity index is 718. The number of hydrogen-bond donors (Lipinski definition) is 2. The molecule has 0 bridgehead atoms. The molecule has 3 rings (SSSR count). The monoisotopic (exact) mass is 271 g/mol. The molecule has 1 aromatic carbocycles. The van der Waals surface area contributed by atoms with Gasteiger partial charge in [0.25, 0.3) is 0 Å². The van der Waals surface area contributed by atoms with Crippen LogP contribution in [0.4, 0.5) is 5.69 Å². The number of nitrogens with zero attached hydrogens (tertiary/aromatic N) is 1. The van der Waals surface area contributed by atoms with E-state index < -0.39 is 0 Å².